The second kappa shape index (κ2) is 9.93. The molecule has 0 heterocycles. The van der Waals surface area contributed by atoms with Crippen molar-refractivity contribution in [1.29, 1.82) is 0 Å². The molecule has 0 bridgehead atoms. The maximum Gasteiger partial charge on any atom is 0.413 e. The molecule has 0 radical (unpaired) electrons. The summed E-state index contributed by atoms with van der Waals surface area (Å²) in [7, 11) is 1.48. The van der Waals surface area contributed by atoms with Crippen LogP contribution in [-0.2, 0) is 29.4 Å². The number of nitrogens with zero attached hydrogens (tertiary/aromatic N) is 1. The average molecular weight is 439 g/mol. The van der Waals surface area contributed by atoms with Crippen LogP contribution in [-0.4, -0.2) is 48.0 Å². The molecular formula is C21H27ClN2O6. The van der Waals surface area contributed by atoms with Gasteiger partial charge in [-0.05, 0) is 32.3 Å². The third-order valence-electron chi connectivity index (χ3n) is 5.14. The Morgan fingerprint density at radius 1 is 1.17 bits per heavy atom. The van der Waals surface area contributed by atoms with Gasteiger partial charge in [0, 0.05) is 37.9 Å². The van der Waals surface area contributed by atoms with E-state index in [0.717, 1.165) is 12.8 Å². The Hall–Kier alpha value is -2.61. The van der Waals surface area contributed by atoms with E-state index in [1.54, 1.807) is 24.3 Å². The maximum absolute atomic E-state index is 13.0. The summed E-state index contributed by atoms with van der Waals surface area (Å²) in [6.07, 6.45) is 0.177. The molecule has 0 spiro atoms. The lowest BCUT2D eigenvalue weighted by atomic mass is 9.74. The van der Waals surface area contributed by atoms with E-state index in [2.05, 4.69) is 5.32 Å². The van der Waals surface area contributed by atoms with Crippen LogP contribution in [0.4, 0.5) is 4.79 Å². The fraction of sp³-hybridized carbons (Fsp3) is 0.524. The minimum Gasteiger partial charge on any atom is -0.424 e. The summed E-state index contributed by atoms with van der Waals surface area (Å²) in [5.74, 6) is -1.26. The normalized spacial score (nSPS) is 20.6. The molecule has 2 amide bonds. The van der Waals surface area contributed by atoms with Crippen LogP contribution in [0, 0.1) is 0 Å². The SMILES string of the molecule is CC(=O)N[C@@H](C)C(=O)OC(C)OC(=O)N(C)[C@@]1(c2ccccc2Cl)CCCCC1=O. The number of Topliss-reactive ketones (excluding diaryl/α,β-unsaturated/α-hetero) is 1. The second-order valence-electron chi connectivity index (χ2n) is 7.34. The fourth-order valence-electron chi connectivity index (χ4n) is 3.66. The lowest BCUT2D eigenvalue weighted by Gasteiger charge is -2.43. The number of nitrogens with one attached hydrogen (secondary N) is 1. The van der Waals surface area contributed by atoms with Crippen LogP contribution in [0.1, 0.15) is 52.0 Å². The Morgan fingerprint density at radius 2 is 1.83 bits per heavy atom. The molecule has 2 rings (SSSR count). The molecule has 1 aliphatic rings. The number of esters is 1. The largest absolute Gasteiger partial charge is 0.424 e. The van der Waals surface area contributed by atoms with Crippen LogP contribution in [0.2, 0.25) is 5.02 Å². The maximum atomic E-state index is 13.0. The van der Waals surface area contributed by atoms with E-state index in [1.807, 2.05) is 0 Å². The van der Waals surface area contributed by atoms with Crippen LogP contribution in [0.5, 0.6) is 0 Å². The first-order valence-electron chi connectivity index (χ1n) is 9.80. The molecule has 1 unspecified atom stereocenters. The van der Waals surface area contributed by atoms with Gasteiger partial charge in [0.25, 0.3) is 0 Å². The van der Waals surface area contributed by atoms with Crippen molar-refractivity contribution in [2.45, 2.75) is 64.3 Å². The van der Waals surface area contributed by atoms with E-state index in [9.17, 15) is 19.2 Å². The highest BCUT2D eigenvalue weighted by Gasteiger charge is 2.48. The summed E-state index contributed by atoms with van der Waals surface area (Å²) in [6.45, 7) is 4.12. The molecule has 0 aliphatic heterocycles. The van der Waals surface area contributed by atoms with Gasteiger partial charge in [-0.1, -0.05) is 29.8 Å². The monoisotopic (exact) mass is 438 g/mol. The Kier molecular flexibility index (Phi) is 7.83. The number of hydrogen-bond donors (Lipinski definition) is 1. The van der Waals surface area contributed by atoms with Crippen molar-refractivity contribution in [3.8, 4) is 0 Å². The number of benzene rings is 1. The Morgan fingerprint density at radius 3 is 2.43 bits per heavy atom. The lowest BCUT2D eigenvalue weighted by molar-refractivity contribution is -0.170. The first kappa shape index (κ1) is 23.7. The van der Waals surface area contributed by atoms with Crippen molar-refractivity contribution in [3.63, 3.8) is 0 Å². The molecule has 3 atom stereocenters. The number of likely N-dealkylation sites (N-methyl/N-ethyl adjacent to an activating group) is 1. The molecule has 1 aromatic rings. The van der Waals surface area contributed by atoms with Gasteiger partial charge in [0.05, 0.1) is 0 Å². The van der Waals surface area contributed by atoms with Crippen LogP contribution < -0.4 is 5.32 Å². The van der Waals surface area contributed by atoms with Gasteiger partial charge in [-0.15, -0.1) is 0 Å². The van der Waals surface area contributed by atoms with E-state index >= 15 is 0 Å². The third-order valence-corrected chi connectivity index (χ3v) is 5.47. The molecule has 1 aromatic carbocycles. The van der Waals surface area contributed by atoms with E-state index in [-0.39, 0.29) is 11.7 Å². The molecule has 1 saturated carbocycles. The van der Waals surface area contributed by atoms with E-state index < -0.39 is 29.9 Å². The molecule has 0 saturated heterocycles. The first-order chi connectivity index (χ1) is 14.1. The lowest BCUT2D eigenvalue weighted by Crippen LogP contribution is -2.55. The zero-order valence-electron chi connectivity index (χ0n) is 17.6. The van der Waals surface area contributed by atoms with Gasteiger partial charge < -0.3 is 14.8 Å². The van der Waals surface area contributed by atoms with Gasteiger partial charge in [0.2, 0.25) is 12.2 Å². The van der Waals surface area contributed by atoms with Gasteiger partial charge in [0.1, 0.15) is 11.6 Å². The summed E-state index contributed by atoms with van der Waals surface area (Å²) in [5.41, 5.74) is -0.708. The van der Waals surface area contributed by atoms with Gasteiger partial charge in [0.15, 0.2) is 5.78 Å². The summed E-state index contributed by atoms with van der Waals surface area (Å²) in [4.78, 5) is 50.2. The number of carbonyl (C=O) groups is 4. The Balaban J connectivity index is 2.18. The molecule has 164 valence electrons. The van der Waals surface area contributed by atoms with Crippen LogP contribution in [0.3, 0.4) is 0 Å². The third kappa shape index (κ3) is 5.11. The number of ketones is 1. The van der Waals surface area contributed by atoms with Crippen molar-refractivity contribution in [1.82, 2.24) is 10.2 Å². The molecule has 30 heavy (non-hydrogen) atoms. The molecule has 0 aromatic heterocycles. The van der Waals surface area contributed by atoms with Crippen molar-refractivity contribution in [3.05, 3.63) is 34.9 Å². The average Bonchev–Trinajstić information content (AvgIpc) is 2.67. The zero-order valence-corrected chi connectivity index (χ0v) is 18.3. The minimum atomic E-state index is -1.25. The summed E-state index contributed by atoms with van der Waals surface area (Å²) in [5, 5.41) is 2.78. The minimum absolute atomic E-state index is 0.120. The van der Waals surface area contributed by atoms with Crippen molar-refractivity contribution in [2.75, 3.05) is 7.05 Å². The first-order valence-corrected chi connectivity index (χ1v) is 10.2. The summed E-state index contributed by atoms with van der Waals surface area (Å²) < 4.78 is 10.3. The van der Waals surface area contributed by atoms with E-state index in [0.29, 0.717) is 23.4 Å². The fourth-order valence-corrected chi connectivity index (χ4v) is 3.95. The smallest absolute Gasteiger partial charge is 0.413 e. The quantitative estimate of drug-likeness (QED) is 0.540. The molecule has 1 fully saturated rings. The summed E-state index contributed by atoms with van der Waals surface area (Å²) >= 11 is 6.38. The highest BCUT2D eigenvalue weighted by Crippen LogP contribution is 2.42. The molecule has 8 nitrogen and oxygen atoms in total. The van der Waals surface area contributed by atoms with Crippen LogP contribution in [0.15, 0.2) is 24.3 Å². The predicted octanol–water partition coefficient (Wildman–Crippen LogP) is 3.16. The Labute approximate surface area is 180 Å². The number of rotatable bonds is 6. The van der Waals surface area contributed by atoms with Gasteiger partial charge in [-0.3, -0.25) is 14.5 Å². The van der Waals surface area contributed by atoms with Crippen molar-refractivity contribution in [2.24, 2.45) is 0 Å². The number of amides is 2. The zero-order chi connectivity index (χ0) is 22.5. The molecular weight excluding hydrogens is 412 g/mol. The molecule has 1 aliphatic carbocycles. The van der Waals surface area contributed by atoms with Gasteiger partial charge >= 0.3 is 12.1 Å². The number of halogens is 1. The topological polar surface area (TPSA) is 102 Å². The predicted molar refractivity (Wildman–Crippen MR) is 110 cm³/mol. The van der Waals surface area contributed by atoms with Gasteiger partial charge in [-0.25, -0.2) is 9.59 Å². The summed E-state index contributed by atoms with van der Waals surface area (Å²) in [6, 6.07) is 6.03. The Bertz CT molecular complexity index is 829. The number of ether oxygens (including phenoxy) is 2. The van der Waals surface area contributed by atoms with Crippen molar-refractivity contribution >= 4 is 35.4 Å². The van der Waals surface area contributed by atoms with Gasteiger partial charge in [-0.2, -0.15) is 0 Å². The van der Waals surface area contributed by atoms with E-state index in [4.69, 9.17) is 21.1 Å². The van der Waals surface area contributed by atoms with Crippen LogP contribution >= 0.6 is 11.6 Å². The standard InChI is InChI=1S/C21H27ClN2O6/c1-13(23-14(2)25)19(27)29-15(3)30-20(28)24(4)21(12-8-7-11-18(21)26)16-9-5-6-10-17(16)22/h5-6,9-10,13,15H,7-8,11-12H2,1-4H3,(H,23,25)/t13-,15?,21+/m0/s1. The van der Waals surface area contributed by atoms with Crippen LogP contribution in [0.25, 0.3) is 0 Å². The van der Waals surface area contributed by atoms with E-state index in [1.165, 1.54) is 32.7 Å². The highest BCUT2D eigenvalue weighted by atomic mass is 35.5. The molecule has 1 N–H and O–H groups in total. The second-order valence-corrected chi connectivity index (χ2v) is 7.75. The highest BCUT2D eigenvalue weighted by molar-refractivity contribution is 6.31. The molecule has 9 heteroatoms. The number of hydrogen-bond acceptors (Lipinski definition) is 6. The number of carbonyl (C=O) groups excluding carboxylic acids is 4. The van der Waals surface area contributed by atoms with Crippen molar-refractivity contribution < 1.29 is 28.7 Å².